The SMILES string of the molecule is COc1cc(CC(C#N)C=Nc2ccccc2)ccc1OCCNc1ccnc2cc(Cl)ccc12. The molecular formula is C28H25ClN4O2. The lowest BCUT2D eigenvalue weighted by Gasteiger charge is -2.14. The zero-order valence-corrected chi connectivity index (χ0v) is 20.1. The molecule has 0 saturated heterocycles. The monoisotopic (exact) mass is 484 g/mol. The van der Waals surface area contributed by atoms with Crippen LogP contribution in [0.1, 0.15) is 5.56 Å². The predicted molar refractivity (Wildman–Crippen MR) is 141 cm³/mol. The van der Waals surface area contributed by atoms with Gasteiger partial charge in [-0.25, -0.2) is 0 Å². The number of ether oxygens (including phenoxy) is 2. The second-order valence-corrected chi connectivity index (χ2v) is 8.27. The van der Waals surface area contributed by atoms with Crippen molar-refractivity contribution < 1.29 is 9.47 Å². The Bertz CT molecular complexity index is 1350. The van der Waals surface area contributed by atoms with Gasteiger partial charge in [0.25, 0.3) is 0 Å². The molecule has 0 aliphatic heterocycles. The number of nitriles is 1. The van der Waals surface area contributed by atoms with E-state index in [9.17, 15) is 5.26 Å². The molecule has 4 aromatic rings. The first-order chi connectivity index (χ1) is 17.2. The van der Waals surface area contributed by atoms with Crippen molar-refractivity contribution in [2.24, 2.45) is 10.9 Å². The highest BCUT2D eigenvalue weighted by molar-refractivity contribution is 6.31. The average molecular weight is 485 g/mol. The summed E-state index contributed by atoms with van der Waals surface area (Å²) in [5.41, 5.74) is 3.61. The van der Waals surface area contributed by atoms with Gasteiger partial charge in [-0.1, -0.05) is 35.9 Å². The quantitative estimate of drug-likeness (QED) is 0.206. The number of hydrogen-bond donors (Lipinski definition) is 1. The fraction of sp³-hybridized carbons (Fsp3) is 0.179. The van der Waals surface area contributed by atoms with Crippen molar-refractivity contribution >= 4 is 40.1 Å². The Morgan fingerprint density at radius 2 is 1.94 bits per heavy atom. The second kappa shape index (κ2) is 11.9. The molecule has 1 unspecified atom stereocenters. The molecule has 35 heavy (non-hydrogen) atoms. The van der Waals surface area contributed by atoms with Crippen LogP contribution in [0, 0.1) is 17.2 Å². The molecule has 0 fully saturated rings. The van der Waals surface area contributed by atoms with Crippen molar-refractivity contribution in [2.75, 3.05) is 25.6 Å². The van der Waals surface area contributed by atoms with Crippen LogP contribution >= 0.6 is 11.6 Å². The molecule has 0 aliphatic rings. The number of halogens is 1. The van der Waals surface area contributed by atoms with E-state index in [2.05, 4.69) is 21.4 Å². The van der Waals surface area contributed by atoms with E-state index in [1.807, 2.05) is 72.8 Å². The third kappa shape index (κ3) is 6.50. The Morgan fingerprint density at radius 3 is 2.74 bits per heavy atom. The van der Waals surface area contributed by atoms with E-state index in [0.717, 1.165) is 27.8 Å². The minimum Gasteiger partial charge on any atom is -0.493 e. The summed E-state index contributed by atoms with van der Waals surface area (Å²) in [4.78, 5) is 8.77. The number of anilines is 1. The van der Waals surface area contributed by atoms with Gasteiger partial charge in [0, 0.05) is 35.1 Å². The highest BCUT2D eigenvalue weighted by Crippen LogP contribution is 2.29. The first-order valence-corrected chi connectivity index (χ1v) is 11.6. The van der Waals surface area contributed by atoms with E-state index < -0.39 is 0 Å². The highest BCUT2D eigenvalue weighted by atomic mass is 35.5. The molecule has 1 aromatic heterocycles. The largest absolute Gasteiger partial charge is 0.493 e. The molecule has 0 aliphatic carbocycles. The lowest BCUT2D eigenvalue weighted by atomic mass is 10.0. The van der Waals surface area contributed by atoms with Gasteiger partial charge in [-0.05, 0) is 60.5 Å². The number of pyridine rings is 1. The summed E-state index contributed by atoms with van der Waals surface area (Å²) in [5.74, 6) is 0.931. The van der Waals surface area contributed by atoms with Gasteiger partial charge in [0.15, 0.2) is 11.5 Å². The van der Waals surface area contributed by atoms with Crippen LogP contribution in [0.25, 0.3) is 10.9 Å². The van der Waals surface area contributed by atoms with Crippen LogP contribution in [0.4, 0.5) is 11.4 Å². The van der Waals surface area contributed by atoms with Crippen LogP contribution in [0.3, 0.4) is 0 Å². The van der Waals surface area contributed by atoms with Crippen LogP contribution in [0.5, 0.6) is 11.5 Å². The summed E-state index contributed by atoms with van der Waals surface area (Å²) >= 11 is 6.07. The third-order valence-electron chi connectivity index (χ3n) is 5.39. The number of benzene rings is 3. The zero-order chi connectivity index (χ0) is 24.5. The topological polar surface area (TPSA) is 79.5 Å². The average Bonchev–Trinajstić information content (AvgIpc) is 2.89. The molecular weight excluding hydrogens is 460 g/mol. The van der Waals surface area contributed by atoms with Gasteiger partial charge in [-0.15, -0.1) is 0 Å². The highest BCUT2D eigenvalue weighted by Gasteiger charge is 2.11. The maximum absolute atomic E-state index is 9.55. The third-order valence-corrected chi connectivity index (χ3v) is 5.62. The fourth-order valence-electron chi connectivity index (χ4n) is 3.66. The first kappa shape index (κ1) is 24.1. The number of fused-ring (bicyclic) bond motifs is 1. The van der Waals surface area contributed by atoms with Crippen molar-refractivity contribution in [3.8, 4) is 17.6 Å². The number of rotatable bonds is 10. The second-order valence-electron chi connectivity index (χ2n) is 7.83. The Balaban J connectivity index is 1.34. The zero-order valence-electron chi connectivity index (χ0n) is 19.3. The number of hydrogen-bond acceptors (Lipinski definition) is 6. The lowest BCUT2D eigenvalue weighted by Crippen LogP contribution is -2.12. The van der Waals surface area contributed by atoms with Gasteiger partial charge in [0.2, 0.25) is 0 Å². The van der Waals surface area contributed by atoms with E-state index in [4.69, 9.17) is 21.1 Å². The molecule has 0 bridgehead atoms. The number of nitrogens with zero attached hydrogens (tertiary/aromatic N) is 3. The maximum Gasteiger partial charge on any atom is 0.161 e. The van der Waals surface area contributed by atoms with Gasteiger partial charge < -0.3 is 14.8 Å². The van der Waals surface area contributed by atoms with Gasteiger partial charge in [0.05, 0.1) is 30.3 Å². The minimum absolute atomic E-state index is 0.346. The number of aromatic nitrogens is 1. The molecule has 3 aromatic carbocycles. The van der Waals surface area contributed by atoms with Crippen LogP contribution < -0.4 is 14.8 Å². The molecule has 1 atom stereocenters. The molecule has 1 N–H and O–H groups in total. The standard InChI is InChI=1S/C28H25ClN4O2/c1-34-28-16-20(15-21(18-30)19-33-23-5-3-2-4-6-23)7-10-27(28)35-14-13-32-25-11-12-31-26-17-22(29)8-9-24(25)26/h2-12,16-17,19,21H,13-15H2,1H3,(H,31,32). The van der Waals surface area contributed by atoms with Crippen molar-refractivity contribution in [3.05, 3.63) is 89.6 Å². The van der Waals surface area contributed by atoms with Crippen molar-refractivity contribution in [3.63, 3.8) is 0 Å². The molecule has 176 valence electrons. The van der Waals surface area contributed by atoms with E-state index >= 15 is 0 Å². The van der Waals surface area contributed by atoms with E-state index in [1.165, 1.54) is 0 Å². The van der Waals surface area contributed by atoms with Crippen LogP contribution in [-0.2, 0) is 6.42 Å². The lowest BCUT2D eigenvalue weighted by molar-refractivity contribution is 0.305. The van der Waals surface area contributed by atoms with Crippen LogP contribution in [0.15, 0.2) is 84.0 Å². The summed E-state index contributed by atoms with van der Waals surface area (Å²) in [7, 11) is 1.61. The number of nitrogens with one attached hydrogen (secondary N) is 1. The maximum atomic E-state index is 9.55. The number of aliphatic imine (C=N–C) groups is 1. The normalized spacial score (nSPS) is 11.8. The molecule has 0 amide bonds. The summed E-state index contributed by atoms with van der Waals surface area (Å²) in [6.45, 7) is 1.04. The Hall–Kier alpha value is -4.08. The van der Waals surface area contributed by atoms with Crippen molar-refractivity contribution in [2.45, 2.75) is 6.42 Å². The molecule has 6 nitrogen and oxygen atoms in total. The molecule has 1 heterocycles. The van der Waals surface area contributed by atoms with Crippen molar-refractivity contribution in [1.82, 2.24) is 4.98 Å². The Kier molecular flexibility index (Phi) is 8.16. The molecule has 4 rings (SSSR count). The van der Waals surface area contributed by atoms with Gasteiger partial charge in [0.1, 0.15) is 6.61 Å². The van der Waals surface area contributed by atoms with E-state index in [1.54, 1.807) is 19.5 Å². The fourth-order valence-corrected chi connectivity index (χ4v) is 3.82. The molecule has 0 radical (unpaired) electrons. The van der Waals surface area contributed by atoms with E-state index in [-0.39, 0.29) is 5.92 Å². The first-order valence-electron chi connectivity index (χ1n) is 11.2. The number of para-hydroxylation sites is 1. The van der Waals surface area contributed by atoms with E-state index in [0.29, 0.717) is 36.1 Å². The molecule has 0 spiro atoms. The van der Waals surface area contributed by atoms with Gasteiger partial charge in [-0.2, -0.15) is 5.26 Å². The van der Waals surface area contributed by atoms with Gasteiger partial charge >= 0.3 is 0 Å². The molecule has 0 saturated carbocycles. The Morgan fingerprint density at radius 1 is 1.09 bits per heavy atom. The number of methoxy groups -OCH3 is 1. The van der Waals surface area contributed by atoms with Crippen LogP contribution in [-0.4, -0.2) is 31.5 Å². The van der Waals surface area contributed by atoms with Gasteiger partial charge in [-0.3, -0.25) is 9.98 Å². The molecule has 7 heteroatoms. The minimum atomic E-state index is -0.346. The summed E-state index contributed by atoms with van der Waals surface area (Å²) < 4.78 is 11.5. The van der Waals surface area contributed by atoms with Crippen LogP contribution in [0.2, 0.25) is 5.02 Å². The predicted octanol–water partition coefficient (Wildman–Crippen LogP) is 6.47. The van der Waals surface area contributed by atoms with Crippen molar-refractivity contribution in [1.29, 1.82) is 5.26 Å². The Labute approximate surface area is 209 Å². The smallest absolute Gasteiger partial charge is 0.161 e. The summed E-state index contributed by atoms with van der Waals surface area (Å²) in [5, 5.41) is 14.6. The summed E-state index contributed by atoms with van der Waals surface area (Å²) in [6.07, 6.45) is 3.97. The summed E-state index contributed by atoms with van der Waals surface area (Å²) in [6, 6.07) is 25.2.